The van der Waals surface area contributed by atoms with Crippen molar-refractivity contribution in [3.05, 3.63) is 34.2 Å². The number of amides is 1. The summed E-state index contributed by atoms with van der Waals surface area (Å²) in [7, 11) is 1.55. The first kappa shape index (κ1) is 26.3. The van der Waals surface area contributed by atoms with Crippen molar-refractivity contribution in [3.8, 4) is 12.3 Å². The van der Waals surface area contributed by atoms with Crippen LogP contribution >= 0.6 is 11.6 Å². The number of methoxy groups -OCH3 is 1. The van der Waals surface area contributed by atoms with Gasteiger partial charge in [-0.05, 0) is 37.7 Å². The molecule has 9 nitrogen and oxygen atoms in total. The lowest BCUT2D eigenvalue weighted by atomic mass is 10.1. The Hall–Kier alpha value is -2.80. The Morgan fingerprint density at radius 2 is 2.11 bits per heavy atom. The molecule has 3 fully saturated rings. The zero-order valence-corrected chi connectivity index (χ0v) is 22.0. The van der Waals surface area contributed by atoms with Gasteiger partial charge in [0.15, 0.2) is 0 Å². The minimum atomic E-state index is -0.210. The van der Waals surface area contributed by atoms with E-state index in [2.05, 4.69) is 36.7 Å². The second-order valence-electron chi connectivity index (χ2n) is 9.73. The molecule has 10 heteroatoms. The third-order valence-electron chi connectivity index (χ3n) is 7.20. The molecule has 3 N–H and O–H groups in total. The molecule has 1 saturated carbocycles. The Morgan fingerprint density at radius 3 is 2.78 bits per heavy atom. The second-order valence-corrected chi connectivity index (χ2v) is 10.1. The molecular formula is C26H36ClN7O2. The van der Waals surface area contributed by atoms with E-state index in [0.29, 0.717) is 45.7 Å². The molecule has 1 aromatic heterocycles. The van der Waals surface area contributed by atoms with Gasteiger partial charge in [0.05, 0.1) is 12.1 Å². The largest absolute Gasteiger partial charge is 0.500 e. The molecule has 1 spiro atoms. The second kappa shape index (κ2) is 12.0. The summed E-state index contributed by atoms with van der Waals surface area (Å²) in [6, 6.07) is 0. The maximum Gasteiger partial charge on any atom is 0.256 e. The van der Waals surface area contributed by atoms with Crippen molar-refractivity contribution < 1.29 is 9.53 Å². The number of allylic oxidation sites excluding steroid dienone is 3. The van der Waals surface area contributed by atoms with Crippen LogP contribution < -0.4 is 20.9 Å². The first-order chi connectivity index (χ1) is 17.4. The molecule has 0 bridgehead atoms. The zero-order chi connectivity index (χ0) is 25.5. The van der Waals surface area contributed by atoms with Crippen molar-refractivity contribution in [1.29, 1.82) is 0 Å². The van der Waals surface area contributed by atoms with Gasteiger partial charge in [-0.3, -0.25) is 9.69 Å². The lowest BCUT2D eigenvalue weighted by Gasteiger charge is -2.27. The average Bonchev–Trinajstić information content (AvgIpc) is 3.54. The van der Waals surface area contributed by atoms with Crippen molar-refractivity contribution in [3.63, 3.8) is 0 Å². The number of carbonyl (C=O) groups excluding carboxylic acids is 1. The zero-order valence-electron chi connectivity index (χ0n) is 21.2. The fourth-order valence-corrected chi connectivity index (χ4v) is 4.76. The van der Waals surface area contributed by atoms with E-state index in [-0.39, 0.29) is 12.5 Å². The van der Waals surface area contributed by atoms with Gasteiger partial charge in [-0.2, -0.15) is 4.98 Å². The third kappa shape index (κ3) is 6.69. The Balaban J connectivity index is 1.48. The minimum Gasteiger partial charge on any atom is -0.500 e. The molecule has 4 rings (SSSR count). The van der Waals surface area contributed by atoms with Crippen molar-refractivity contribution in [2.24, 2.45) is 5.41 Å². The van der Waals surface area contributed by atoms with Crippen LogP contribution in [0.1, 0.15) is 36.5 Å². The standard InChI is InChI=1S/C26H36ClN7O2/c1-4-20(15-22(27)19(2)36-3)16-30-23-21(24(35)29-10-14-33-12-8-28-9-13-33)17-31-25(32-23)34-11-7-26(18-34)5-6-26/h1,15,17,28H,5-14,16,18H2,2-3H3,(H,29,35)(H,30,31,32)/b20-15+,22-19-. The summed E-state index contributed by atoms with van der Waals surface area (Å²) in [6.45, 7) is 9.23. The molecule has 2 aliphatic heterocycles. The van der Waals surface area contributed by atoms with E-state index < -0.39 is 0 Å². The number of aromatic nitrogens is 2. The number of nitrogens with zero attached hydrogens (tertiary/aromatic N) is 4. The molecule has 2 saturated heterocycles. The number of nitrogens with one attached hydrogen (secondary N) is 3. The normalized spacial score (nSPS) is 20.1. The highest BCUT2D eigenvalue weighted by atomic mass is 35.5. The number of carbonyl (C=O) groups is 1. The quantitative estimate of drug-likeness (QED) is 0.249. The summed E-state index contributed by atoms with van der Waals surface area (Å²) >= 11 is 6.28. The molecule has 36 heavy (non-hydrogen) atoms. The van der Waals surface area contributed by atoms with Crippen LogP contribution in [0.4, 0.5) is 11.8 Å². The molecule has 1 aliphatic carbocycles. The van der Waals surface area contributed by atoms with E-state index in [0.717, 1.165) is 45.8 Å². The van der Waals surface area contributed by atoms with Gasteiger partial charge >= 0.3 is 0 Å². The van der Waals surface area contributed by atoms with Gasteiger partial charge in [-0.15, -0.1) is 6.42 Å². The average molecular weight is 514 g/mol. The van der Waals surface area contributed by atoms with Crippen molar-refractivity contribution in [2.45, 2.75) is 26.2 Å². The van der Waals surface area contributed by atoms with Gasteiger partial charge in [0.25, 0.3) is 5.91 Å². The fourth-order valence-electron chi connectivity index (χ4n) is 4.55. The van der Waals surface area contributed by atoms with Gasteiger partial charge in [-0.25, -0.2) is 4.98 Å². The van der Waals surface area contributed by atoms with Crippen LogP contribution in [0, 0.1) is 17.8 Å². The number of terminal acetylenes is 1. The number of ether oxygens (including phenoxy) is 1. The Bertz CT molecular complexity index is 1050. The summed E-state index contributed by atoms with van der Waals surface area (Å²) < 4.78 is 5.17. The van der Waals surface area contributed by atoms with E-state index in [9.17, 15) is 4.79 Å². The molecular weight excluding hydrogens is 478 g/mol. The van der Waals surface area contributed by atoms with Crippen LogP contribution in [0.15, 0.2) is 28.6 Å². The third-order valence-corrected chi connectivity index (χ3v) is 7.57. The summed E-state index contributed by atoms with van der Waals surface area (Å²) in [5.74, 6) is 4.11. The number of hydrogen-bond donors (Lipinski definition) is 3. The summed E-state index contributed by atoms with van der Waals surface area (Å²) in [4.78, 5) is 27.0. The Labute approximate surface area is 218 Å². The maximum atomic E-state index is 13.1. The van der Waals surface area contributed by atoms with E-state index in [1.54, 1.807) is 26.3 Å². The molecule has 3 aliphatic rings. The van der Waals surface area contributed by atoms with Crippen molar-refractivity contribution >= 4 is 29.3 Å². The minimum absolute atomic E-state index is 0.210. The first-order valence-corrected chi connectivity index (χ1v) is 13.0. The van der Waals surface area contributed by atoms with Gasteiger partial charge in [0.1, 0.15) is 17.1 Å². The van der Waals surface area contributed by atoms with Crippen LogP contribution in [0.25, 0.3) is 0 Å². The first-order valence-electron chi connectivity index (χ1n) is 12.6. The van der Waals surface area contributed by atoms with Gasteiger partial charge in [0, 0.05) is 70.7 Å². The van der Waals surface area contributed by atoms with Crippen molar-refractivity contribution in [2.75, 3.05) is 76.2 Å². The lowest BCUT2D eigenvalue weighted by molar-refractivity contribution is 0.0947. The van der Waals surface area contributed by atoms with Crippen molar-refractivity contribution in [1.82, 2.24) is 25.5 Å². The number of rotatable bonds is 10. The SMILES string of the molecule is C#C/C(=C\C(Cl)=C(/C)OC)CNc1nc(N2CCC3(CC3)C2)ncc1C(=O)NCCN1CCNCC1. The Morgan fingerprint density at radius 1 is 1.33 bits per heavy atom. The van der Waals surface area contributed by atoms with Crippen LogP contribution in [-0.2, 0) is 4.74 Å². The summed E-state index contributed by atoms with van der Waals surface area (Å²) in [6.07, 6.45) is 12.7. The summed E-state index contributed by atoms with van der Waals surface area (Å²) in [5, 5.41) is 10.0. The molecule has 1 aromatic rings. The van der Waals surface area contributed by atoms with Crippen LogP contribution in [0.3, 0.4) is 0 Å². The topological polar surface area (TPSA) is 94.6 Å². The smallest absolute Gasteiger partial charge is 0.256 e. The van der Waals surface area contributed by atoms with E-state index in [4.69, 9.17) is 27.7 Å². The van der Waals surface area contributed by atoms with E-state index in [1.165, 1.54) is 19.3 Å². The van der Waals surface area contributed by atoms with E-state index in [1.807, 2.05) is 0 Å². The number of anilines is 2. The van der Waals surface area contributed by atoms with Crippen LogP contribution in [-0.4, -0.2) is 86.8 Å². The number of halogens is 1. The van der Waals surface area contributed by atoms with Gasteiger partial charge in [0.2, 0.25) is 5.95 Å². The molecule has 0 atom stereocenters. The predicted octanol–water partition coefficient (Wildman–Crippen LogP) is 2.19. The van der Waals surface area contributed by atoms with Crippen LogP contribution in [0.2, 0.25) is 0 Å². The number of hydrogen-bond acceptors (Lipinski definition) is 8. The molecule has 3 heterocycles. The number of piperazine rings is 1. The molecule has 194 valence electrons. The van der Waals surface area contributed by atoms with Gasteiger partial charge < -0.3 is 25.6 Å². The molecule has 0 aromatic carbocycles. The lowest BCUT2D eigenvalue weighted by Crippen LogP contribution is -2.46. The maximum absolute atomic E-state index is 13.1. The van der Waals surface area contributed by atoms with Gasteiger partial charge in [-0.1, -0.05) is 17.5 Å². The highest BCUT2D eigenvalue weighted by Gasteiger charge is 2.48. The predicted molar refractivity (Wildman–Crippen MR) is 143 cm³/mol. The van der Waals surface area contributed by atoms with Crippen LogP contribution in [0.5, 0.6) is 0 Å². The summed E-state index contributed by atoms with van der Waals surface area (Å²) in [5.41, 5.74) is 1.45. The monoisotopic (exact) mass is 513 g/mol. The Kier molecular flexibility index (Phi) is 8.72. The molecule has 0 radical (unpaired) electrons. The highest BCUT2D eigenvalue weighted by Crippen LogP contribution is 2.53. The highest BCUT2D eigenvalue weighted by molar-refractivity contribution is 6.31. The molecule has 0 unspecified atom stereocenters. The van der Waals surface area contributed by atoms with E-state index >= 15 is 0 Å². The fraction of sp³-hybridized carbons (Fsp3) is 0.577. The molecule has 1 amide bonds.